The lowest BCUT2D eigenvalue weighted by atomic mass is 10.0. The van der Waals surface area contributed by atoms with Gasteiger partial charge in [-0.1, -0.05) is 30.3 Å². The van der Waals surface area contributed by atoms with Crippen LogP contribution < -0.4 is 9.80 Å². The molecule has 142 valence electrons. The molecule has 0 aliphatic carbocycles. The van der Waals surface area contributed by atoms with Gasteiger partial charge >= 0.3 is 0 Å². The molecular weight excluding hydrogens is 334 g/mol. The van der Waals surface area contributed by atoms with Crippen LogP contribution in [0.4, 0.5) is 11.4 Å². The molecule has 2 aromatic carbocycles. The predicted molar refractivity (Wildman–Crippen MR) is 112 cm³/mol. The lowest BCUT2D eigenvalue weighted by Gasteiger charge is -2.38. The summed E-state index contributed by atoms with van der Waals surface area (Å²) in [5, 5.41) is 0. The smallest absolute Gasteiger partial charge is 0.242 e. The zero-order valence-electron chi connectivity index (χ0n) is 16.4. The Kier molecular flexibility index (Phi) is 5.06. The van der Waals surface area contributed by atoms with Gasteiger partial charge in [-0.25, -0.2) is 0 Å². The number of aryl methyl sites for hydroxylation is 2. The molecule has 0 spiro atoms. The average Bonchev–Trinajstić information content (AvgIpc) is 2.70. The first-order valence-corrected chi connectivity index (χ1v) is 10.1. The van der Waals surface area contributed by atoms with Crippen LogP contribution in [0.5, 0.6) is 0 Å². The Hall–Kier alpha value is -2.49. The summed E-state index contributed by atoms with van der Waals surface area (Å²) >= 11 is 0. The third kappa shape index (κ3) is 3.66. The molecule has 0 aromatic heterocycles. The van der Waals surface area contributed by atoms with Crippen molar-refractivity contribution in [2.75, 3.05) is 49.1 Å². The minimum absolute atomic E-state index is 0.257. The molecule has 0 N–H and O–H groups in total. The number of carbonyl (C=O) groups excluding carboxylic acids is 1. The SMILES string of the molecule is Cc1cccc(N2CCN(C(=O)CN3CCCc4ccccc43)CC2)c1C. The van der Waals surface area contributed by atoms with Crippen LogP contribution in [0.3, 0.4) is 0 Å². The van der Waals surface area contributed by atoms with Crippen LogP contribution in [0.15, 0.2) is 42.5 Å². The van der Waals surface area contributed by atoms with E-state index in [9.17, 15) is 4.79 Å². The van der Waals surface area contributed by atoms with E-state index in [1.165, 1.54) is 28.1 Å². The second-order valence-electron chi connectivity index (χ2n) is 7.74. The number of nitrogens with zero attached hydrogens (tertiary/aromatic N) is 3. The molecule has 2 heterocycles. The van der Waals surface area contributed by atoms with Crippen LogP contribution in [0.25, 0.3) is 0 Å². The van der Waals surface area contributed by atoms with E-state index < -0.39 is 0 Å². The first kappa shape index (κ1) is 17.9. The van der Waals surface area contributed by atoms with Crippen LogP contribution >= 0.6 is 0 Å². The highest BCUT2D eigenvalue weighted by atomic mass is 16.2. The second-order valence-corrected chi connectivity index (χ2v) is 7.74. The van der Waals surface area contributed by atoms with E-state index in [2.05, 4.69) is 66.1 Å². The van der Waals surface area contributed by atoms with Crippen molar-refractivity contribution < 1.29 is 4.79 Å². The quantitative estimate of drug-likeness (QED) is 0.836. The first-order chi connectivity index (χ1) is 13.1. The van der Waals surface area contributed by atoms with E-state index in [0.29, 0.717) is 6.54 Å². The van der Waals surface area contributed by atoms with Crippen molar-refractivity contribution in [1.29, 1.82) is 0 Å². The number of hydrogen-bond acceptors (Lipinski definition) is 3. The molecule has 2 aliphatic rings. The van der Waals surface area contributed by atoms with Gasteiger partial charge in [0.2, 0.25) is 5.91 Å². The molecule has 2 aromatic rings. The summed E-state index contributed by atoms with van der Waals surface area (Å²) in [6.07, 6.45) is 2.25. The number of carbonyl (C=O) groups is 1. The highest BCUT2D eigenvalue weighted by Gasteiger charge is 2.25. The molecule has 4 nitrogen and oxygen atoms in total. The van der Waals surface area contributed by atoms with Crippen LogP contribution in [0.2, 0.25) is 0 Å². The number of fused-ring (bicyclic) bond motifs is 1. The standard InChI is InChI=1S/C23H29N3O/c1-18-7-5-11-21(19(18)2)24-13-15-25(16-14-24)23(27)17-26-12-6-9-20-8-3-4-10-22(20)26/h3-5,7-8,10-11H,6,9,12-17H2,1-2H3. The van der Waals surface area contributed by atoms with E-state index in [0.717, 1.165) is 45.6 Å². The largest absolute Gasteiger partial charge is 0.368 e. The third-order valence-corrected chi connectivity index (χ3v) is 6.08. The first-order valence-electron chi connectivity index (χ1n) is 10.1. The fourth-order valence-electron chi connectivity index (χ4n) is 4.31. The van der Waals surface area contributed by atoms with Crippen molar-refractivity contribution in [3.05, 3.63) is 59.2 Å². The summed E-state index contributed by atoms with van der Waals surface area (Å²) < 4.78 is 0. The Morgan fingerprint density at radius 1 is 0.889 bits per heavy atom. The van der Waals surface area contributed by atoms with Gasteiger partial charge in [0.15, 0.2) is 0 Å². The van der Waals surface area contributed by atoms with Crippen LogP contribution in [0.1, 0.15) is 23.1 Å². The monoisotopic (exact) mass is 363 g/mol. The van der Waals surface area contributed by atoms with E-state index in [-0.39, 0.29) is 5.91 Å². The van der Waals surface area contributed by atoms with E-state index in [1.54, 1.807) is 0 Å². The van der Waals surface area contributed by atoms with Crippen LogP contribution in [0, 0.1) is 13.8 Å². The van der Waals surface area contributed by atoms with Crippen LogP contribution in [-0.4, -0.2) is 50.1 Å². The fraction of sp³-hybridized carbons (Fsp3) is 0.435. The predicted octanol–water partition coefficient (Wildman–Crippen LogP) is 3.40. The molecular formula is C23H29N3O. The summed E-state index contributed by atoms with van der Waals surface area (Å²) in [6, 6.07) is 15.0. The van der Waals surface area contributed by atoms with Crippen molar-refractivity contribution in [3.63, 3.8) is 0 Å². The molecule has 4 rings (SSSR count). The highest BCUT2D eigenvalue weighted by Crippen LogP contribution is 2.27. The van der Waals surface area contributed by atoms with E-state index in [4.69, 9.17) is 0 Å². The van der Waals surface area contributed by atoms with Crippen LogP contribution in [-0.2, 0) is 11.2 Å². The summed E-state index contributed by atoms with van der Waals surface area (Å²) in [5.74, 6) is 0.257. The van der Waals surface area contributed by atoms with Crippen molar-refractivity contribution in [3.8, 4) is 0 Å². The minimum Gasteiger partial charge on any atom is -0.368 e. The lowest BCUT2D eigenvalue weighted by Crippen LogP contribution is -2.52. The average molecular weight is 364 g/mol. The summed E-state index contributed by atoms with van der Waals surface area (Å²) in [7, 11) is 0. The number of rotatable bonds is 3. The normalized spacial score (nSPS) is 17.0. The number of amides is 1. The molecule has 0 saturated carbocycles. The lowest BCUT2D eigenvalue weighted by molar-refractivity contribution is -0.130. The molecule has 0 radical (unpaired) electrons. The number of benzene rings is 2. The molecule has 2 aliphatic heterocycles. The maximum Gasteiger partial charge on any atom is 0.242 e. The number of para-hydroxylation sites is 1. The molecule has 27 heavy (non-hydrogen) atoms. The fourth-order valence-corrected chi connectivity index (χ4v) is 4.31. The van der Waals surface area contributed by atoms with Crippen molar-refractivity contribution >= 4 is 17.3 Å². The second kappa shape index (κ2) is 7.63. The van der Waals surface area contributed by atoms with Gasteiger partial charge < -0.3 is 14.7 Å². The Labute approximate surface area is 162 Å². The molecule has 0 atom stereocenters. The minimum atomic E-state index is 0.257. The van der Waals surface area contributed by atoms with Gasteiger partial charge in [0.05, 0.1) is 6.54 Å². The Balaban J connectivity index is 1.38. The van der Waals surface area contributed by atoms with Gasteiger partial charge in [0.25, 0.3) is 0 Å². The Morgan fingerprint density at radius 3 is 2.44 bits per heavy atom. The van der Waals surface area contributed by atoms with Gasteiger partial charge in [-0.05, 0) is 55.5 Å². The molecule has 4 heteroatoms. The van der Waals surface area contributed by atoms with Gasteiger partial charge in [0.1, 0.15) is 0 Å². The zero-order chi connectivity index (χ0) is 18.8. The van der Waals surface area contributed by atoms with Gasteiger partial charge in [0, 0.05) is 44.1 Å². The summed E-state index contributed by atoms with van der Waals surface area (Å²) in [6.45, 7) is 9.26. The number of anilines is 2. The molecule has 0 bridgehead atoms. The maximum absolute atomic E-state index is 12.9. The highest BCUT2D eigenvalue weighted by molar-refractivity contribution is 5.82. The molecule has 1 fully saturated rings. The molecule has 0 unspecified atom stereocenters. The Bertz CT molecular complexity index is 824. The topological polar surface area (TPSA) is 26.8 Å². The zero-order valence-corrected chi connectivity index (χ0v) is 16.4. The summed E-state index contributed by atoms with van der Waals surface area (Å²) in [4.78, 5) is 19.6. The summed E-state index contributed by atoms with van der Waals surface area (Å²) in [5.41, 5.74) is 6.60. The number of hydrogen-bond donors (Lipinski definition) is 0. The van der Waals surface area contributed by atoms with Crippen molar-refractivity contribution in [1.82, 2.24) is 4.90 Å². The maximum atomic E-state index is 12.9. The third-order valence-electron chi connectivity index (χ3n) is 6.08. The van der Waals surface area contributed by atoms with Gasteiger partial charge in [-0.15, -0.1) is 0 Å². The van der Waals surface area contributed by atoms with E-state index in [1.807, 2.05) is 4.90 Å². The number of piperazine rings is 1. The molecule has 1 amide bonds. The van der Waals surface area contributed by atoms with Crippen molar-refractivity contribution in [2.24, 2.45) is 0 Å². The van der Waals surface area contributed by atoms with Gasteiger partial charge in [-0.3, -0.25) is 4.79 Å². The van der Waals surface area contributed by atoms with Crippen molar-refractivity contribution in [2.45, 2.75) is 26.7 Å². The van der Waals surface area contributed by atoms with E-state index >= 15 is 0 Å². The molecule has 1 saturated heterocycles. The Morgan fingerprint density at radius 2 is 1.63 bits per heavy atom. The van der Waals surface area contributed by atoms with Gasteiger partial charge in [-0.2, -0.15) is 0 Å².